The van der Waals surface area contributed by atoms with Crippen LogP contribution < -0.4 is 15.5 Å². The van der Waals surface area contributed by atoms with Gasteiger partial charge in [0.1, 0.15) is 5.82 Å². The summed E-state index contributed by atoms with van der Waals surface area (Å²) in [5, 5.41) is 5.56. The maximum atomic E-state index is 11.7. The van der Waals surface area contributed by atoms with E-state index in [1.807, 2.05) is 45.0 Å². The molecule has 8 nitrogen and oxygen atoms in total. The number of benzene rings is 1. The van der Waals surface area contributed by atoms with Gasteiger partial charge >= 0.3 is 6.03 Å². The second-order valence-corrected chi connectivity index (χ2v) is 7.58. The van der Waals surface area contributed by atoms with Crippen LogP contribution in [0.1, 0.15) is 39.0 Å². The SMILES string of the molecule is CC.CCNC(=O)Nc1ccc(-c2nc3c(c(N4CCOCC4)n2)CCN(CC)C3)cc1. The molecule has 2 N–H and O–H groups in total. The first kappa shape index (κ1) is 23.9. The van der Waals surface area contributed by atoms with Crippen molar-refractivity contribution in [3.63, 3.8) is 0 Å². The highest BCUT2D eigenvalue weighted by atomic mass is 16.5. The summed E-state index contributed by atoms with van der Waals surface area (Å²) in [4.78, 5) is 26.4. The molecule has 0 bridgehead atoms. The van der Waals surface area contributed by atoms with E-state index in [-0.39, 0.29) is 6.03 Å². The van der Waals surface area contributed by atoms with Gasteiger partial charge < -0.3 is 20.3 Å². The van der Waals surface area contributed by atoms with Gasteiger partial charge in [-0.3, -0.25) is 4.90 Å². The quantitative estimate of drug-likeness (QED) is 0.740. The lowest BCUT2D eigenvalue weighted by molar-refractivity contribution is 0.122. The Morgan fingerprint density at radius 1 is 1.06 bits per heavy atom. The molecule has 0 spiro atoms. The molecular formula is C24H36N6O2. The molecule has 0 radical (unpaired) electrons. The summed E-state index contributed by atoms with van der Waals surface area (Å²) in [6.45, 7) is 14.8. The molecule has 1 fully saturated rings. The van der Waals surface area contributed by atoms with Crippen LogP contribution in [0.5, 0.6) is 0 Å². The van der Waals surface area contributed by atoms with Gasteiger partial charge in [0, 0.05) is 49.5 Å². The average Bonchev–Trinajstić information content (AvgIpc) is 2.85. The van der Waals surface area contributed by atoms with Gasteiger partial charge in [0.2, 0.25) is 0 Å². The predicted octanol–water partition coefficient (Wildman–Crippen LogP) is 3.53. The third kappa shape index (κ3) is 5.75. The molecule has 3 heterocycles. The number of carbonyl (C=O) groups excluding carboxylic acids is 1. The van der Waals surface area contributed by atoms with Gasteiger partial charge in [-0.15, -0.1) is 0 Å². The molecule has 1 aromatic carbocycles. The first-order valence-electron chi connectivity index (χ1n) is 11.8. The highest BCUT2D eigenvalue weighted by Gasteiger charge is 2.25. The maximum absolute atomic E-state index is 11.7. The summed E-state index contributed by atoms with van der Waals surface area (Å²) in [6.07, 6.45) is 0.978. The number of likely N-dealkylation sites (N-methyl/N-ethyl adjacent to an activating group) is 1. The first-order valence-corrected chi connectivity index (χ1v) is 11.8. The monoisotopic (exact) mass is 440 g/mol. The van der Waals surface area contributed by atoms with E-state index in [1.165, 1.54) is 5.56 Å². The number of fused-ring (bicyclic) bond motifs is 1. The molecule has 32 heavy (non-hydrogen) atoms. The summed E-state index contributed by atoms with van der Waals surface area (Å²) in [6, 6.07) is 7.50. The summed E-state index contributed by atoms with van der Waals surface area (Å²) in [5.74, 6) is 1.79. The minimum Gasteiger partial charge on any atom is -0.378 e. The summed E-state index contributed by atoms with van der Waals surface area (Å²) >= 11 is 0. The van der Waals surface area contributed by atoms with E-state index < -0.39 is 0 Å². The largest absolute Gasteiger partial charge is 0.378 e. The number of aromatic nitrogens is 2. The van der Waals surface area contributed by atoms with Crippen LogP contribution in [0.4, 0.5) is 16.3 Å². The number of nitrogens with one attached hydrogen (secondary N) is 2. The van der Waals surface area contributed by atoms with Crippen LogP contribution in [0.2, 0.25) is 0 Å². The Bertz CT molecular complexity index is 881. The van der Waals surface area contributed by atoms with Crippen LogP contribution in [0.3, 0.4) is 0 Å². The van der Waals surface area contributed by atoms with Gasteiger partial charge in [0.15, 0.2) is 5.82 Å². The van der Waals surface area contributed by atoms with Crippen LogP contribution in [0.15, 0.2) is 24.3 Å². The van der Waals surface area contributed by atoms with Gasteiger partial charge in [-0.05, 0) is 44.2 Å². The number of urea groups is 1. The molecular weight excluding hydrogens is 404 g/mol. The fourth-order valence-electron chi connectivity index (χ4n) is 3.94. The first-order chi connectivity index (χ1) is 15.7. The van der Waals surface area contributed by atoms with E-state index in [1.54, 1.807) is 0 Å². The molecule has 1 saturated heterocycles. The van der Waals surface area contributed by atoms with Crippen LogP contribution in [0.25, 0.3) is 11.4 Å². The Kier molecular flexibility index (Phi) is 8.81. The number of hydrogen-bond donors (Lipinski definition) is 2. The number of nitrogens with zero attached hydrogens (tertiary/aromatic N) is 4. The van der Waals surface area contributed by atoms with Crippen molar-refractivity contribution in [2.24, 2.45) is 0 Å². The third-order valence-electron chi connectivity index (χ3n) is 5.62. The second-order valence-electron chi connectivity index (χ2n) is 7.58. The van der Waals surface area contributed by atoms with Crippen LogP contribution in [-0.2, 0) is 17.7 Å². The lowest BCUT2D eigenvalue weighted by Crippen LogP contribution is -2.39. The van der Waals surface area contributed by atoms with Crippen molar-refractivity contribution in [3.8, 4) is 11.4 Å². The number of amides is 2. The topological polar surface area (TPSA) is 82.6 Å². The standard InChI is InChI=1S/C22H30N6O2.C2H6/c1-3-23-22(29)24-17-7-5-16(6-8-17)20-25-19-15-27(4-2)10-9-18(19)21(26-20)28-11-13-30-14-12-28;1-2/h5-8H,3-4,9-15H2,1-2H3,(H2,23,24,29);1-2H3. The second kappa shape index (κ2) is 11.8. The van der Waals surface area contributed by atoms with Crippen molar-refractivity contribution in [3.05, 3.63) is 35.5 Å². The van der Waals surface area contributed by atoms with Crippen LogP contribution >= 0.6 is 0 Å². The van der Waals surface area contributed by atoms with E-state index in [9.17, 15) is 4.79 Å². The fraction of sp³-hybridized carbons (Fsp3) is 0.542. The maximum Gasteiger partial charge on any atom is 0.319 e. The zero-order valence-electron chi connectivity index (χ0n) is 19.8. The lowest BCUT2D eigenvalue weighted by atomic mass is 10.0. The van der Waals surface area contributed by atoms with Crippen LogP contribution in [0, 0.1) is 0 Å². The minimum atomic E-state index is -0.204. The van der Waals surface area contributed by atoms with Gasteiger partial charge in [-0.1, -0.05) is 20.8 Å². The highest BCUT2D eigenvalue weighted by molar-refractivity contribution is 5.89. The molecule has 0 unspecified atom stereocenters. The lowest BCUT2D eigenvalue weighted by Gasteiger charge is -2.34. The predicted molar refractivity (Wildman–Crippen MR) is 129 cm³/mol. The molecule has 4 rings (SSSR count). The van der Waals surface area contributed by atoms with Crippen molar-refractivity contribution in [2.45, 2.75) is 40.7 Å². The Morgan fingerprint density at radius 2 is 1.78 bits per heavy atom. The Labute approximate surface area is 191 Å². The Morgan fingerprint density at radius 3 is 2.44 bits per heavy atom. The summed E-state index contributed by atoms with van der Waals surface area (Å²) in [5.41, 5.74) is 4.09. The van der Waals surface area contributed by atoms with E-state index in [4.69, 9.17) is 14.7 Å². The molecule has 0 aliphatic carbocycles. The third-order valence-corrected chi connectivity index (χ3v) is 5.62. The van der Waals surface area contributed by atoms with Gasteiger partial charge in [-0.25, -0.2) is 14.8 Å². The zero-order chi connectivity index (χ0) is 22.9. The zero-order valence-corrected chi connectivity index (χ0v) is 19.8. The number of hydrogen-bond acceptors (Lipinski definition) is 6. The van der Waals surface area contributed by atoms with Gasteiger partial charge in [0.25, 0.3) is 0 Å². The van der Waals surface area contributed by atoms with Crippen LogP contribution in [-0.4, -0.2) is 66.8 Å². The van der Waals surface area contributed by atoms with Crippen molar-refractivity contribution in [1.29, 1.82) is 0 Å². The highest BCUT2D eigenvalue weighted by Crippen LogP contribution is 2.30. The molecule has 2 amide bonds. The fourth-order valence-corrected chi connectivity index (χ4v) is 3.94. The van der Waals surface area contributed by atoms with E-state index in [0.29, 0.717) is 6.54 Å². The molecule has 2 aliphatic rings. The van der Waals surface area contributed by atoms with Crippen molar-refractivity contribution in [1.82, 2.24) is 20.2 Å². The normalized spacial score (nSPS) is 15.9. The van der Waals surface area contributed by atoms with Gasteiger partial charge in [-0.2, -0.15) is 0 Å². The Balaban J connectivity index is 0.00000141. The van der Waals surface area contributed by atoms with Gasteiger partial charge in [0.05, 0.1) is 18.9 Å². The molecule has 8 heteroatoms. The smallest absolute Gasteiger partial charge is 0.319 e. The number of ether oxygens (including phenoxy) is 1. The average molecular weight is 441 g/mol. The number of carbonyl (C=O) groups is 1. The molecule has 174 valence electrons. The number of anilines is 2. The van der Waals surface area contributed by atoms with E-state index >= 15 is 0 Å². The molecule has 0 atom stereocenters. The number of morpholine rings is 1. The molecule has 2 aliphatic heterocycles. The Hall–Kier alpha value is -2.71. The van der Waals surface area contributed by atoms with Crippen molar-refractivity contribution in [2.75, 3.05) is 56.2 Å². The molecule has 1 aromatic heterocycles. The van der Waals surface area contributed by atoms with Crippen molar-refractivity contribution < 1.29 is 9.53 Å². The van der Waals surface area contributed by atoms with E-state index in [2.05, 4.69) is 27.4 Å². The summed E-state index contributed by atoms with van der Waals surface area (Å²) in [7, 11) is 0. The number of rotatable bonds is 5. The summed E-state index contributed by atoms with van der Waals surface area (Å²) < 4.78 is 5.54. The van der Waals surface area contributed by atoms with E-state index in [0.717, 1.165) is 80.9 Å². The van der Waals surface area contributed by atoms with Crippen molar-refractivity contribution >= 4 is 17.5 Å². The minimum absolute atomic E-state index is 0.204. The molecule has 0 saturated carbocycles. The molecule has 2 aromatic rings.